The first-order valence-corrected chi connectivity index (χ1v) is 3.78. The van der Waals surface area contributed by atoms with Crippen LogP contribution < -0.4 is 0 Å². The number of halogens is 1. The molecule has 0 aromatic rings. The van der Waals surface area contributed by atoms with Gasteiger partial charge in [-0.25, -0.2) is 0 Å². The van der Waals surface area contributed by atoms with Crippen molar-refractivity contribution < 1.29 is 9.94 Å². The van der Waals surface area contributed by atoms with Gasteiger partial charge in [-0.1, -0.05) is 27.2 Å². The molecule has 0 saturated carbocycles. The lowest BCUT2D eigenvalue weighted by Crippen LogP contribution is -1.87. The highest BCUT2D eigenvalue weighted by molar-refractivity contribution is 9.11. The zero-order valence-electron chi connectivity index (χ0n) is 6.41. The fraction of sp³-hybridized carbons (Fsp3) is 0.286. The second kappa shape index (κ2) is 5.97. The minimum absolute atomic E-state index is 0.484. The van der Waals surface area contributed by atoms with Crippen molar-refractivity contribution in [3.63, 3.8) is 0 Å². The zero-order chi connectivity index (χ0) is 8.69. The van der Waals surface area contributed by atoms with Gasteiger partial charge in [0.2, 0.25) is 0 Å². The molecule has 0 atom stereocenters. The van der Waals surface area contributed by atoms with Crippen molar-refractivity contribution in [2.24, 2.45) is 5.16 Å². The number of methoxy groups -OCH3 is 1. The Morgan fingerprint density at radius 3 is 2.64 bits per heavy atom. The molecule has 4 heteroatoms. The molecule has 1 N–H and O–H groups in total. The summed E-state index contributed by atoms with van der Waals surface area (Å²) in [6.07, 6.45) is 4.76. The fourth-order valence-electron chi connectivity index (χ4n) is 0.425. The smallest absolute Gasteiger partial charge is 0.141 e. The number of allylic oxidation sites excluding steroid dienone is 4. The van der Waals surface area contributed by atoms with Crippen molar-refractivity contribution in [1.82, 2.24) is 0 Å². The lowest BCUT2D eigenvalue weighted by atomic mass is 10.4. The van der Waals surface area contributed by atoms with E-state index in [1.165, 1.54) is 13.3 Å². The Hall–Kier alpha value is -0.770. The first-order chi connectivity index (χ1) is 5.24. The van der Waals surface area contributed by atoms with Crippen molar-refractivity contribution in [2.45, 2.75) is 6.92 Å². The van der Waals surface area contributed by atoms with Crippen LogP contribution in [0.1, 0.15) is 6.92 Å². The van der Waals surface area contributed by atoms with E-state index in [9.17, 15) is 0 Å². The van der Waals surface area contributed by atoms with E-state index in [0.29, 0.717) is 5.76 Å². The van der Waals surface area contributed by atoms with E-state index >= 15 is 0 Å². The molecule has 0 amide bonds. The summed E-state index contributed by atoms with van der Waals surface area (Å²) in [5, 5.41) is 11.0. The quantitative estimate of drug-likeness (QED) is 0.260. The minimum atomic E-state index is 0.484. The molecule has 0 fully saturated rings. The highest BCUT2D eigenvalue weighted by atomic mass is 79.9. The van der Waals surface area contributed by atoms with Crippen LogP contribution in [0.15, 0.2) is 27.5 Å². The van der Waals surface area contributed by atoms with Crippen molar-refractivity contribution >= 4 is 22.1 Å². The number of oxime groups is 1. The molecule has 0 unspecified atom stereocenters. The third-order valence-electron chi connectivity index (χ3n) is 0.977. The zero-order valence-corrected chi connectivity index (χ0v) is 8.00. The van der Waals surface area contributed by atoms with E-state index < -0.39 is 0 Å². The molecule has 0 aromatic carbocycles. The van der Waals surface area contributed by atoms with E-state index in [1.807, 2.05) is 13.0 Å². The number of hydrogen-bond acceptors (Lipinski definition) is 3. The average molecular weight is 220 g/mol. The Labute approximate surface area is 74.2 Å². The largest absolute Gasteiger partial charge is 0.495 e. The molecule has 11 heavy (non-hydrogen) atoms. The molecule has 0 spiro atoms. The van der Waals surface area contributed by atoms with Crippen molar-refractivity contribution in [2.75, 3.05) is 7.11 Å². The summed E-state index contributed by atoms with van der Waals surface area (Å²) < 4.78 is 5.71. The maximum Gasteiger partial charge on any atom is 0.141 e. The molecule has 0 bridgehead atoms. The molecule has 0 aliphatic rings. The van der Waals surface area contributed by atoms with Crippen LogP contribution in [0.4, 0.5) is 0 Å². The third-order valence-corrected chi connectivity index (χ3v) is 1.66. The monoisotopic (exact) mass is 219 g/mol. The van der Waals surface area contributed by atoms with Gasteiger partial charge in [-0.05, 0) is 13.0 Å². The summed E-state index contributed by atoms with van der Waals surface area (Å²) in [6, 6.07) is 0. The van der Waals surface area contributed by atoms with E-state index in [1.54, 1.807) is 6.08 Å². The average Bonchev–Trinajstić information content (AvgIpc) is 2.03. The van der Waals surface area contributed by atoms with Crippen LogP contribution in [0.25, 0.3) is 0 Å². The first kappa shape index (κ1) is 10.2. The number of hydrogen-bond donors (Lipinski definition) is 1. The summed E-state index contributed by atoms with van der Waals surface area (Å²) >= 11 is 3.25. The minimum Gasteiger partial charge on any atom is -0.495 e. The van der Waals surface area contributed by atoms with E-state index in [2.05, 4.69) is 21.1 Å². The second-order valence-corrected chi connectivity index (χ2v) is 2.58. The molecule has 0 saturated heterocycles. The van der Waals surface area contributed by atoms with Crippen LogP contribution in [0.2, 0.25) is 0 Å². The predicted molar refractivity (Wildman–Crippen MR) is 48.1 cm³/mol. The van der Waals surface area contributed by atoms with Gasteiger partial charge in [0.15, 0.2) is 0 Å². The van der Waals surface area contributed by atoms with Crippen LogP contribution >= 0.6 is 15.9 Å². The predicted octanol–water partition coefficient (Wildman–Crippen LogP) is 2.28. The van der Waals surface area contributed by atoms with Gasteiger partial charge in [-0.3, -0.25) is 0 Å². The van der Waals surface area contributed by atoms with Crippen LogP contribution in [-0.2, 0) is 4.74 Å². The third kappa shape index (κ3) is 4.61. The fourth-order valence-corrected chi connectivity index (χ4v) is 0.651. The van der Waals surface area contributed by atoms with Gasteiger partial charge in [0.1, 0.15) is 12.0 Å². The highest BCUT2D eigenvalue weighted by Crippen LogP contribution is 2.08. The lowest BCUT2D eigenvalue weighted by Gasteiger charge is -1.96. The number of rotatable bonds is 3. The van der Waals surface area contributed by atoms with Crippen LogP contribution in [0, 0.1) is 0 Å². The van der Waals surface area contributed by atoms with E-state index in [-0.39, 0.29) is 0 Å². The Morgan fingerprint density at radius 1 is 1.64 bits per heavy atom. The topological polar surface area (TPSA) is 41.8 Å². The van der Waals surface area contributed by atoms with Gasteiger partial charge < -0.3 is 9.94 Å². The van der Waals surface area contributed by atoms with Gasteiger partial charge in [0.25, 0.3) is 0 Å². The van der Waals surface area contributed by atoms with Gasteiger partial charge in [-0.15, -0.1) is 0 Å². The van der Waals surface area contributed by atoms with Crippen molar-refractivity contribution in [3.05, 3.63) is 22.4 Å². The van der Waals surface area contributed by atoms with Gasteiger partial charge in [-0.2, -0.15) is 0 Å². The Bertz CT molecular complexity index is 197. The summed E-state index contributed by atoms with van der Waals surface area (Å²) in [5.41, 5.74) is 0. The second-order valence-electron chi connectivity index (χ2n) is 1.67. The Kier molecular flexibility index (Phi) is 5.56. The lowest BCUT2D eigenvalue weighted by molar-refractivity contribution is 0.299. The van der Waals surface area contributed by atoms with Gasteiger partial charge >= 0.3 is 0 Å². The van der Waals surface area contributed by atoms with Gasteiger partial charge in [0, 0.05) is 4.48 Å². The summed E-state index contributed by atoms with van der Waals surface area (Å²) in [6.45, 7) is 1.88. The summed E-state index contributed by atoms with van der Waals surface area (Å²) in [4.78, 5) is 0. The van der Waals surface area contributed by atoms with E-state index in [4.69, 9.17) is 9.94 Å². The molecule has 3 nitrogen and oxygen atoms in total. The normalized spacial score (nSPS) is 14.1. The number of ether oxygens (including phenoxy) is 1. The maximum atomic E-state index is 8.17. The standard InChI is InChI=1S/C7H10BrNO2/c1-3-6(8)4-7(11-2)5-9-10/h3-5,10H,1-2H3/b6-3+,7-4+,9-5+. The van der Waals surface area contributed by atoms with Crippen molar-refractivity contribution in [3.8, 4) is 0 Å². The molecule has 0 rings (SSSR count). The molecule has 0 aliphatic heterocycles. The number of nitrogens with zero attached hydrogens (tertiary/aromatic N) is 1. The highest BCUT2D eigenvalue weighted by Gasteiger charge is 1.91. The first-order valence-electron chi connectivity index (χ1n) is 2.99. The molecule has 0 aromatic heterocycles. The Morgan fingerprint density at radius 2 is 2.27 bits per heavy atom. The van der Waals surface area contributed by atoms with Crippen LogP contribution in [0.3, 0.4) is 0 Å². The van der Waals surface area contributed by atoms with Crippen LogP contribution in [0.5, 0.6) is 0 Å². The summed E-state index contributed by atoms with van der Waals surface area (Å²) in [5.74, 6) is 0.484. The SMILES string of the molecule is C\C=C(Br)/C=C(\C=N\O)OC. The van der Waals surface area contributed by atoms with Gasteiger partial charge in [0.05, 0.1) is 7.11 Å². The molecule has 0 heterocycles. The molecule has 62 valence electrons. The molecular weight excluding hydrogens is 210 g/mol. The van der Waals surface area contributed by atoms with Crippen molar-refractivity contribution in [1.29, 1.82) is 0 Å². The molecule has 0 radical (unpaired) electrons. The Balaban J connectivity index is 4.35. The summed E-state index contributed by atoms with van der Waals surface area (Å²) in [7, 11) is 1.50. The molecular formula is C7H10BrNO2. The maximum absolute atomic E-state index is 8.17. The molecule has 0 aliphatic carbocycles. The van der Waals surface area contributed by atoms with E-state index in [0.717, 1.165) is 4.48 Å². The van der Waals surface area contributed by atoms with Crippen LogP contribution in [-0.4, -0.2) is 18.5 Å².